The Bertz CT molecular complexity index is 411. The van der Waals surface area contributed by atoms with Crippen molar-refractivity contribution in [1.29, 1.82) is 0 Å². The summed E-state index contributed by atoms with van der Waals surface area (Å²) in [5.41, 5.74) is 6.85. The smallest absolute Gasteiger partial charge is 0.333 e. The monoisotopic (exact) mass is 249 g/mol. The topological polar surface area (TPSA) is 78.8 Å². The summed E-state index contributed by atoms with van der Waals surface area (Å²) in [7, 11) is 2.12. The number of hydrogen-bond acceptors (Lipinski definition) is 4. The molecule has 2 amide bonds. The molecule has 2 rings (SSSR count). The van der Waals surface area contributed by atoms with E-state index in [0.29, 0.717) is 5.69 Å². The zero-order valence-corrected chi connectivity index (χ0v) is 10.5. The third-order valence-electron chi connectivity index (χ3n) is 3.23. The fourth-order valence-electron chi connectivity index (χ4n) is 2.02. The molecule has 0 aliphatic carbocycles. The van der Waals surface area contributed by atoms with Crippen molar-refractivity contribution in [3.63, 3.8) is 0 Å². The highest BCUT2D eigenvalue weighted by molar-refractivity contribution is 5.89. The average Bonchev–Trinajstić information content (AvgIpc) is 2.39. The summed E-state index contributed by atoms with van der Waals surface area (Å²) in [4.78, 5) is 15.5. The Morgan fingerprint density at radius 3 is 2.22 bits per heavy atom. The lowest BCUT2D eigenvalue weighted by Crippen LogP contribution is -2.44. The van der Waals surface area contributed by atoms with Crippen LogP contribution in [-0.2, 0) is 0 Å². The van der Waals surface area contributed by atoms with Crippen molar-refractivity contribution in [2.45, 2.75) is 0 Å². The van der Waals surface area contributed by atoms with Crippen molar-refractivity contribution >= 4 is 17.4 Å². The van der Waals surface area contributed by atoms with Gasteiger partial charge in [-0.3, -0.25) is 0 Å². The number of primary amides is 1. The van der Waals surface area contributed by atoms with E-state index in [1.165, 1.54) is 0 Å². The Labute approximate surface area is 107 Å². The van der Waals surface area contributed by atoms with Gasteiger partial charge in [-0.1, -0.05) is 0 Å². The molecule has 0 aromatic heterocycles. The fourth-order valence-corrected chi connectivity index (χ4v) is 2.02. The Balaban J connectivity index is 2.06. The largest absolute Gasteiger partial charge is 0.369 e. The van der Waals surface area contributed by atoms with E-state index in [9.17, 15) is 4.79 Å². The van der Waals surface area contributed by atoms with Gasteiger partial charge in [0, 0.05) is 31.9 Å². The number of anilines is 2. The second-order valence-corrected chi connectivity index (χ2v) is 4.51. The van der Waals surface area contributed by atoms with Crippen molar-refractivity contribution in [2.75, 3.05) is 43.1 Å². The molecule has 0 saturated carbocycles. The summed E-state index contributed by atoms with van der Waals surface area (Å²) in [6.45, 7) is 4.15. The predicted molar refractivity (Wildman–Crippen MR) is 72.4 cm³/mol. The zero-order valence-electron chi connectivity index (χ0n) is 10.5. The maximum Gasteiger partial charge on any atom is 0.333 e. The SMILES string of the molecule is CN1CCN(c2ccc(N(N)C(N)=O)cc2)CC1. The Hall–Kier alpha value is -1.79. The first-order valence-electron chi connectivity index (χ1n) is 5.96. The molecule has 0 radical (unpaired) electrons. The number of piperazine rings is 1. The molecule has 6 nitrogen and oxygen atoms in total. The van der Waals surface area contributed by atoms with Gasteiger partial charge >= 0.3 is 6.03 Å². The van der Waals surface area contributed by atoms with Crippen LogP contribution in [0.1, 0.15) is 0 Å². The van der Waals surface area contributed by atoms with Crippen LogP contribution in [0.15, 0.2) is 24.3 Å². The van der Waals surface area contributed by atoms with Crippen molar-refractivity contribution in [1.82, 2.24) is 4.90 Å². The Kier molecular flexibility index (Phi) is 3.69. The molecule has 0 atom stereocenters. The van der Waals surface area contributed by atoms with E-state index in [-0.39, 0.29) is 0 Å². The summed E-state index contributed by atoms with van der Waals surface area (Å²) in [5.74, 6) is 5.52. The number of rotatable bonds is 2. The van der Waals surface area contributed by atoms with Crippen LogP contribution in [0.5, 0.6) is 0 Å². The number of urea groups is 1. The molecule has 1 aromatic rings. The van der Waals surface area contributed by atoms with E-state index in [0.717, 1.165) is 36.9 Å². The number of nitrogens with two attached hydrogens (primary N) is 2. The zero-order chi connectivity index (χ0) is 13.1. The molecular weight excluding hydrogens is 230 g/mol. The summed E-state index contributed by atoms with van der Waals surface area (Å²) < 4.78 is 0. The molecule has 18 heavy (non-hydrogen) atoms. The lowest BCUT2D eigenvalue weighted by Gasteiger charge is -2.34. The molecule has 1 aliphatic rings. The molecule has 0 unspecified atom stereocenters. The summed E-state index contributed by atoms with van der Waals surface area (Å²) in [6, 6.07) is 6.87. The van der Waals surface area contributed by atoms with Gasteiger partial charge < -0.3 is 15.5 Å². The molecule has 1 saturated heterocycles. The predicted octanol–water partition coefficient (Wildman–Crippen LogP) is 0.197. The number of likely N-dealkylation sites (N-methyl/N-ethyl adjacent to an activating group) is 1. The number of benzene rings is 1. The molecule has 1 fully saturated rings. The number of hydrogen-bond donors (Lipinski definition) is 2. The summed E-state index contributed by atoms with van der Waals surface area (Å²) >= 11 is 0. The van der Waals surface area contributed by atoms with Gasteiger partial charge in [-0.15, -0.1) is 0 Å². The highest BCUT2D eigenvalue weighted by atomic mass is 16.2. The van der Waals surface area contributed by atoms with Crippen LogP contribution >= 0.6 is 0 Å². The molecule has 4 N–H and O–H groups in total. The first-order valence-corrected chi connectivity index (χ1v) is 5.96. The van der Waals surface area contributed by atoms with Crippen LogP contribution in [0, 0.1) is 0 Å². The number of carbonyl (C=O) groups excluding carboxylic acids is 1. The molecule has 0 bridgehead atoms. The van der Waals surface area contributed by atoms with Gasteiger partial charge in [-0.05, 0) is 31.3 Å². The van der Waals surface area contributed by atoms with Crippen LogP contribution < -0.4 is 21.5 Å². The standard InChI is InChI=1S/C12H19N5O/c1-15-6-8-16(9-7-15)10-2-4-11(5-3-10)17(14)12(13)18/h2-5H,6-9,14H2,1H3,(H2,13,18). The van der Waals surface area contributed by atoms with Crippen molar-refractivity contribution < 1.29 is 4.79 Å². The second-order valence-electron chi connectivity index (χ2n) is 4.51. The number of carbonyl (C=O) groups is 1. The molecule has 98 valence electrons. The van der Waals surface area contributed by atoms with Gasteiger partial charge in [0.05, 0.1) is 5.69 Å². The average molecular weight is 249 g/mol. The third-order valence-corrected chi connectivity index (χ3v) is 3.23. The van der Waals surface area contributed by atoms with E-state index in [2.05, 4.69) is 16.8 Å². The highest BCUT2D eigenvalue weighted by Gasteiger charge is 2.14. The number of amides is 2. The van der Waals surface area contributed by atoms with Crippen molar-refractivity contribution in [3.05, 3.63) is 24.3 Å². The third kappa shape index (κ3) is 2.72. The van der Waals surface area contributed by atoms with Gasteiger partial charge in [-0.2, -0.15) is 0 Å². The van der Waals surface area contributed by atoms with Gasteiger partial charge in [0.2, 0.25) is 0 Å². The van der Waals surface area contributed by atoms with E-state index < -0.39 is 6.03 Å². The normalized spacial score (nSPS) is 16.7. The molecule has 1 aliphatic heterocycles. The van der Waals surface area contributed by atoms with Crippen LogP contribution in [-0.4, -0.2) is 44.2 Å². The van der Waals surface area contributed by atoms with Crippen LogP contribution in [0.2, 0.25) is 0 Å². The van der Waals surface area contributed by atoms with Gasteiger partial charge in [0.25, 0.3) is 0 Å². The molecule has 0 spiro atoms. The lowest BCUT2D eigenvalue weighted by atomic mass is 10.2. The number of hydrazine groups is 1. The van der Waals surface area contributed by atoms with Crippen LogP contribution in [0.4, 0.5) is 16.2 Å². The van der Waals surface area contributed by atoms with Gasteiger partial charge in [0.15, 0.2) is 0 Å². The maximum atomic E-state index is 10.9. The first-order chi connectivity index (χ1) is 8.58. The van der Waals surface area contributed by atoms with Gasteiger partial charge in [0.1, 0.15) is 0 Å². The second kappa shape index (κ2) is 5.24. The van der Waals surface area contributed by atoms with Crippen molar-refractivity contribution in [2.24, 2.45) is 11.6 Å². The van der Waals surface area contributed by atoms with E-state index >= 15 is 0 Å². The van der Waals surface area contributed by atoms with Gasteiger partial charge in [-0.25, -0.2) is 15.6 Å². The molecule has 1 aromatic carbocycles. The van der Waals surface area contributed by atoms with Crippen LogP contribution in [0.25, 0.3) is 0 Å². The summed E-state index contributed by atoms with van der Waals surface area (Å²) in [5, 5.41) is 0.938. The van der Waals surface area contributed by atoms with Crippen molar-refractivity contribution in [3.8, 4) is 0 Å². The maximum absolute atomic E-state index is 10.9. The molecule has 6 heteroatoms. The fraction of sp³-hybridized carbons (Fsp3) is 0.417. The molecule has 1 heterocycles. The quantitative estimate of drug-likeness (QED) is 0.446. The lowest BCUT2D eigenvalue weighted by molar-refractivity contribution is 0.254. The minimum Gasteiger partial charge on any atom is -0.369 e. The molecular formula is C12H19N5O. The first kappa shape index (κ1) is 12.7. The minimum absolute atomic E-state index is 0.598. The minimum atomic E-state index is -0.664. The number of nitrogens with zero attached hydrogens (tertiary/aromatic N) is 3. The Morgan fingerprint density at radius 2 is 1.72 bits per heavy atom. The van der Waals surface area contributed by atoms with E-state index in [1.807, 2.05) is 12.1 Å². The van der Waals surface area contributed by atoms with Crippen LogP contribution in [0.3, 0.4) is 0 Å². The van der Waals surface area contributed by atoms with E-state index in [4.69, 9.17) is 11.6 Å². The highest BCUT2D eigenvalue weighted by Crippen LogP contribution is 2.20. The summed E-state index contributed by atoms with van der Waals surface area (Å²) in [6.07, 6.45) is 0. The van der Waals surface area contributed by atoms with E-state index in [1.54, 1.807) is 12.1 Å². The Morgan fingerprint density at radius 1 is 1.17 bits per heavy atom.